The molecule has 0 saturated carbocycles. The van der Waals surface area contributed by atoms with Crippen molar-refractivity contribution in [2.75, 3.05) is 0 Å². The summed E-state index contributed by atoms with van der Waals surface area (Å²) in [5, 5.41) is 5.66. The summed E-state index contributed by atoms with van der Waals surface area (Å²) in [6.07, 6.45) is 0.685. The first kappa shape index (κ1) is 16.4. The van der Waals surface area contributed by atoms with Crippen molar-refractivity contribution in [3.8, 4) is 0 Å². The average Bonchev–Trinajstić information content (AvgIpc) is 2.36. The van der Waals surface area contributed by atoms with Crippen LogP contribution in [0.2, 0.25) is 5.15 Å². The van der Waals surface area contributed by atoms with Crippen molar-refractivity contribution in [3.63, 3.8) is 0 Å². The lowest BCUT2D eigenvalue weighted by atomic mass is 10.1. The smallest absolute Gasteiger partial charge is 0.252 e. The zero-order valence-electron chi connectivity index (χ0n) is 12.2. The van der Waals surface area contributed by atoms with Crippen molar-refractivity contribution in [1.29, 1.82) is 0 Å². The molecule has 0 saturated heterocycles. The number of pyridine rings is 1. The Morgan fingerprint density at radius 2 is 1.90 bits per heavy atom. The zero-order chi connectivity index (χ0) is 15.3. The maximum atomic E-state index is 12.1. The summed E-state index contributed by atoms with van der Waals surface area (Å²) < 4.78 is 0. The molecule has 1 heterocycles. The van der Waals surface area contributed by atoms with Crippen LogP contribution in [0.4, 0.5) is 0 Å². The molecule has 0 fully saturated rings. The third-order valence-corrected chi connectivity index (χ3v) is 2.84. The van der Waals surface area contributed by atoms with Gasteiger partial charge in [-0.05, 0) is 39.3 Å². The summed E-state index contributed by atoms with van der Waals surface area (Å²) in [7, 11) is 0. The number of halogens is 1. The van der Waals surface area contributed by atoms with Gasteiger partial charge in [0, 0.05) is 17.3 Å². The molecule has 1 atom stereocenters. The van der Waals surface area contributed by atoms with E-state index in [4.69, 9.17) is 11.6 Å². The summed E-state index contributed by atoms with van der Waals surface area (Å²) in [6.45, 7) is 7.30. The molecule has 0 aliphatic carbocycles. The molecule has 1 aromatic rings. The maximum Gasteiger partial charge on any atom is 0.252 e. The van der Waals surface area contributed by atoms with E-state index in [0.29, 0.717) is 12.0 Å². The van der Waals surface area contributed by atoms with Crippen molar-refractivity contribution < 1.29 is 9.59 Å². The van der Waals surface area contributed by atoms with E-state index in [0.717, 1.165) is 5.69 Å². The van der Waals surface area contributed by atoms with E-state index >= 15 is 0 Å². The topological polar surface area (TPSA) is 71.1 Å². The largest absolute Gasteiger partial charge is 0.352 e. The normalized spacial score (nSPS) is 12.1. The molecule has 0 radical (unpaired) electrons. The lowest BCUT2D eigenvalue weighted by Gasteiger charge is -2.16. The quantitative estimate of drug-likeness (QED) is 0.816. The van der Waals surface area contributed by atoms with Gasteiger partial charge in [-0.15, -0.1) is 0 Å². The molecule has 0 bridgehead atoms. The molecule has 0 aromatic carbocycles. The van der Waals surface area contributed by atoms with E-state index in [1.807, 2.05) is 20.8 Å². The molecule has 2 N–H and O–H groups in total. The minimum Gasteiger partial charge on any atom is -0.352 e. The summed E-state index contributed by atoms with van der Waals surface area (Å²) in [5.74, 6) is -0.556. The highest BCUT2D eigenvalue weighted by atomic mass is 35.5. The van der Waals surface area contributed by atoms with Gasteiger partial charge in [-0.1, -0.05) is 18.5 Å². The number of hydrogen-bond donors (Lipinski definition) is 2. The van der Waals surface area contributed by atoms with Crippen LogP contribution >= 0.6 is 11.6 Å². The maximum absolute atomic E-state index is 12.1. The summed E-state index contributed by atoms with van der Waals surface area (Å²) >= 11 is 5.87. The first-order valence-electron chi connectivity index (χ1n) is 6.61. The standard InChI is InChI=1S/C14H20ClN3O2/c1-5-11-6-10(7-12(15)18-11)14(20)17-9(4)13(19)16-8(2)3/h6-9H,5H2,1-4H3,(H,16,19)(H,17,20). The SMILES string of the molecule is CCc1cc(C(=O)NC(C)C(=O)NC(C)C)cc(Cl)n1. The Balaban J connectivity index is 2.76. The van der Waals surface area contributed by atoms with Gasteiger partial charge in [-0.25, -0.2) is 4.98 Å². The molecule has 6 heteroatoms. The zero-order valence-corrected chi connectivity index (χ0v) is 12.9. The molecule has 2 amide bonds. The molecule has 0 aliphatic heterocycles. The van der Waals surface area contributed by atoms with E-state index in [2.05, 4.69) is 15.6 Å². The highest BCUT2D eigenvalue weighted by molar-refractivity contribution is 6.29. The second kappa shape index (κ2) is 7.24. The number of carbonyl (C=O) groups excluding carboxylic acids is 2. The van der Waals surface area contributed by atoms with Crippen LogP contribution in [0.1, 0.15) is 43.7 Å². The molecule has 20 heavy (non-hydrogen) atoms. The van der Waals surface area contributed by atoms with Gasteiger partial charge in [0.05, 0.1) is 0 Å². The molecular formula is C14H20ClN3O2. The number of rotatable bonds is 5. The average molecular weight is 298 g/mol. The number of nitrogens with one attached hydrogen (secondary N) is 2. The number of aryl methyl sites for hydroxylation is 1. The summed E-state index contributed by atoms with van der Waals surface area (Å²) in [5.41, 5.74) is 1.15. The monoisotopic (exact) mass is 297 g/mol. The molecule has 1 rings (SSSR count). The predicted molar refractivity (Wildman–Crippen MR) is 78.8 cm³/mol. The Labute approximate surface area is 124 Å². The minimum atomic E-state index is -0.609. The first-order valence-corrected chi connectivity index (χ1v) is 6.99. The van der Waals surface area contributed by atoms with E-state index < -0.39 is 6.04 Å². The number of hydrogen-bond acceptors (Lipinski definition) is 3. The Morgan fingerprint density at radius 3 is 2.45 bits per heavy atom. The molecule has 1 aromatic heterocycles. The molecule has 1 unspecified atom stereocenters. The fourth-order valence-corrected chi connectivity index (χ4v) is 1.84. The number of amides is 2. The van der Waals surface area contributed by atoms with Crippen LogP contribution in [-0.2, 0) is 11.2 Å². The third-order valence-electron chi connectivity index (χ3n) is 2.64. The highest BCUT2D eigenvalue weighted by Crippen LogP contribution is 2.11. The Kier molecular flexibility index (Phi) is 5.95. The third kappa shape index (κ3) is 4.81. The van der Waals surface area contributed by atoms with Crippen LogP contribution < -0.4 is 10.6 Å². The molecule has 5 nitrogen and oxygen atoms in total. The fraction of sp³-hybridized carbons (Fsp3) is 0.500. The van der Waals surface area contributed by atoms with E-state index in [9.17, 15) is 9.59 Å². The van der Waals surface area contributed by atoms with Gasteiger partial charge < -0.3 is 10.6 Å². The van der Waals surface area contributed by atoms with E-state index in [1.165, 1.54) is 6.07 Å². The second-order valence-corrected chi connectivity index (χ2v) is 5.27. The van der Waals surface area contributed by atoms with Gasteiger partial charge >= 0.3 is 0 Å². The van der Waals surface area contributed by atoms with Gasteiger partial charge in [0.2, 0.25) is 5.91 Å². The molecular weight excluding hydrogens is 278 g/mol. The van der Waals surface area contributed by atoms with Crippen molar-refractivity contribution in [2.45, 2.75) is 46.2 Å². The molecule has 0 aliphatic rings. The van der Waals surface area contributed by atoms with Crippen molar-refractivity contribution in [3.05, 3.63) is 28.5 Å². The number of aromatic nitrogens is 1. The van der Waals surface area contributed by atoms with Gasteiger partial charge in [0.25, 0.3) is 5.91 Å². The van der Waals surface area contributed by atoms with Crippen LogP contribution in [-0.4, -0.2) is 28.9 Å². The number of carbonyl (C=O) groups is 2. The van der Waals surface area contributed by atoms with Crippen LogP contribution in [0.3, 0.4) is 0 Å². The predicted octanol–water partition coefficient (Wildman–Crippen LogP) is 1.94. The summed E-state index contributed by atoms with van der Waals surface area (Å²) in [4.78, 5) is 27.9. The molecule has 0 spiro atoms. The van der Waals surface area contributed by atoms with E-state index in [-0.39, 0.29) is 23.0 Å². The number of nitrogens with zero attached hydrogens (tertiary/aromatic N) is 1. The lowest BCUT2D eigenvalue weighted by molar-refractivity contribution is -0.123. The lowest BCUT2D eigenvalue weighted by Crippen LogP contribution is -2.46. The van der Waals surface area contributed by atoms with Gasteiger partial charge in [-0.3, -0.25) is 9.59 Å². The minimum absolute atomic E-state index is 0.0314. The highest BCUT2D eigenvalue weighted by Gasteiger charge is 2.17. The van der Waals surface area contributed by atoms with Crippen molar-refractivity contribution in [2.24, 2.45) is 0 Å². The first-order chi connectivity index (χ1) is 9.33. The van der Waals surface area contributed by atoms with Gasteiger partial charge in [-0.2, -0.15) is 0 Å². The van der Waals surface area contributed by atoms with Crippen LogP contribution in [0, 0.1) is 0 Å². The Hall–Kier alpha value is -1.62. The summed E-state index contributed by atoms with van der Waals surface area (Å²) in [6, 6.07) is 2.59. The van der Waals surface area contributed by atoms with Crippen LogP contribution in [0.5, 0.6) is 0 Å². The van der Waals surface area contributed by atoms with Crippen LogP contribution in [0.15, 0.2) is 12.1 Å². The van der Waals surface area contributed by atoms with E-state index in [1.54, 1.807) is 13.0 Å². The molecule has 110 valence electrons. The van der Waals surface area contributed by atoms with Crippen molar-refractivity contribution in [1.82, 2.24) is 15.6 Å². The van der Waals surface area contributed by atoms with Crippen LogP contribution in [0.25, 0.3) is 0 Å². The van der Waals surface area contributed by atoms with Gasteiger partial charge in [0.1, 0.15) is 11.2 Å². The Bertz CT molecular complexity index is 503. The fourth-order valence-electron chi connectivity index (χ4n) is 1.62. The van der Waals surface area contributed by atoms with Gasteiger partial charge in [0.15, 0.2) is 0 Å². The second-order valence-electron chi connectivity index (χ2n) is 4.88. The Morgan fingerprint density at radius 1 is 1.25 bits per heavy atom. The van der Waals surface area contributed by atoms with Crippen molar-refractivity contribution >= 4 is 23.4 Å².